The van der Waals surface area contributed by atoms with Crippen LogP contribution in [0.4, 0.5) is 4.39 Å². The van der Waals surface area contributed by atoms with Crippen LogP contribution >= 0.6 is 0 Å². The summed E-state index contributed by atoms with van der Waals surface area (Å²) in [5.74, 6) is 0.795. The Morgan fingerprint density at radius 2 is 1.74 bits per heavy atom. The lowest BCUT2D eigenvalue weighted by Gasteiger charge is -2.09. The molecule has 0 aliphatic rings. The smallest absolute Gasteiger partial charge is 0.169 e. The van der Waals surface area contributed by atoms with Crippen molar-refractivity contribution >= 4 is 12.2 Å². The predicted octanol–water partition coefficient (Wildman–Crippen LogP) is 0.0504. The number of rotatable bonds is 8. The van der Waals surface area contributed by atoms with Crippen molar-refractivity contribution in [1.82, 2.24) is 0 Å². The molecule has 1 heterocycles. The second kappa shape index (κ2) is 11.1. The van der Waals surface area contributed by atoms with Crippen molar-refractivity contribution in [3.05, 3.63) is 59.9 Å². The van der Waals surface area contributed by atoms with Crippen LogP contribution in [0.2, 0.25) is 0 Å². The average molecular weight is 429 g/mol. The highest BCUT2D eigenvalue weighted by molar-refractivity contribution is 5.72. The monoisotopic (exact) mass is 429 g/mol. The lowest BCUT2D eigenvalue weighted by atomic mass is 10.1. The van der Waals surface area contributed by atoms with Crippen molar-refractivity contribution in [1.29, 1.82) is 0 Å². The summed E-state index contributed by atoms with van der Waals surface area (Å²) in [6.45, 7) is 0.452. The van der Waals surface area contributed by atoms with Crippen molar-refractivity contribution < 1.29 is 42.4 Å². The summed E-state index contributed by atoms with van der Waals surface area (Å²) in [6, 6.07) is 11.9. The van der Waals surface area contributed by atoms with E-state index in [1.165, 1.54) is 0 Å². The van der Waals surface area contributed by atoms with E-state index in [9.17, 15) is 4.39 Å². The number of nitrogens with zero attached hydrogens (tertiary/aromatic N) is 1. The van der Waals surface area contributed by atoms with E-state index >= 15 is 0 Å². The highest BCUT2D eigenvalue weighted by Crippen LogP contribution is 2.20. The summed E-state index contributed by atoms with van der Waals surface area (Å²) in [6.07, 6.45) is 8.07. The number of benzene rings is 1. The molecule has 124 valence electrons. The lowest BCUT2D eigenvalue weighted by molar-refractivity contribution is -0.671. The zero-order valence-corrected chi connectivity index (χ0v) is 15.3. The number of ether oxygens (including phenoxy) is 2. The van der Waals surface area contributed by atoms with Gasteiger partial charge in [-0.15, -0.1) is 0 Å². The molecule has 0 aliphatic heterocycles. The largest absolute Gasteiger partial charge is 1.00 e. The number of aromatic nitrogens is 1. The van der Waals surface area contributed by atoms with Crippen LogP contribution in [0.25, 0.3) is 12.2 Å². The summed E-state index contributed by atoms with van der Waals surface area (Å²) >= 11 is 0. The van der Waals surface area contributed by atoms with E-state index in [1.807, 2.05) is 72.6 Å². The first-order valence-corrected chi connectivity index (χ1v) is 7.28. The van der Waals surface area contributed by atoms with Crippen molar-refractivity contribution in [2.24, 2.45) is 7.05 Å². The van der Waals surface area contributed by atoms with Gasteiger partial charge < -0.3 is 33.5 Å². The topological polar surface area (TPSA) is 22.3 Å². The number of pyridine rings is 1. The molecule has 3 nitrogen and oxygen atoms in total. The van der Waals surface area contributed by atoms with Gasteiger partial charge in [0.2, 0.25) is 0 Å². The number of alkyl halides is 1. The summed E-state index contributed by atoms with van der Waals surface area (Å²) in [7, 11) is 1.99. The summed E-state index contributed by atoms with van der Waals surface area (Å²) in [5.41, 5.74) is 2.13. The van der Waals surface area contributed by atoms with E-state index < -0.39 is 6.67 Å². The van der Waals surface area contributed by atoms with Crippen LogP contribution in [0.3, 0.4) is 0 Å². The zero-order chi connectivity index (χ0) is 15.6. The van der Waals surface area contributed by atoms with Gasteiger partial charge in [0, 0.05) is 17.7 Å². The van der Waals surface area contributed by atoms with Gasteiger partial charge in [0.15, 0.2) is 12.4 Å². The molecule has 23 heavy (non-hydrogen) atoms. The average Bonchev–Trinajstić information content (AvgIpc) is 2.55. The minimum absolute atomic E-state index is 0. The van der Waals surface area contributed by atoms with Crippen molar-refractivity contribution in [2.45, 2.75) is 0 Å². The fourth-order valence-electron chi connectivity index (χ4n) is 1.93. The van der Waals surface area contributed by atoms with E-state index in [-0.39, 0.29) is 30.6 Å². The summed E-state index contributed by atoms with van der Waals surface area (Å²) in [5, 5.41) is 0. The Hall–Kier alpha value is -1.47. The van der Waals surface area contributed by atoms with E-state index in [4.69, 9.17) is 9.47 Å². The summed E-state index contributed by atoms with van der Waals surface area (Å²) in [4.78, 5) is 0. The van der Waals surface area contributed by atoms with Crippen LogP contribution in [-0.2, 0) is 11.8 Å². The van der Waals surface area contributed by atoms with Gasteiger partial charge in [-0.05, 0) is 11.6 Å². The summed E-state index contributed by atoms with van der Waals surface area (Å²) < 4.78 is 24.7. The maximum Gasteiger partial charge on any atom is 0.169 e. The maximum atomic E-state index is 11.9. The molecule has 0 spiro atoms. The first-order chi connectivity index (χ1) is 10.8. The number of hydrogen-bond donors (Lipinski definition) is 0. The van der Waals surface area contributed by atoms with E-state index in [0.29, 0.717) is 13.2 Å². The molecular weight excluding hydrogens is 408 g/mol. The number of aryl methyl sites for hydroxylation is 1. The molecule has 0 saturated heterocycles. The molecule has 0 atom stereocenters. The number of para-hydroxylation sites is 1. The highest BCUT2D eigenvalue weighted by Gasteiger charge is 2.00. The van der Waals surface area contributed by atoms with Crippen molar-refractivity contribution in [3.8, 4) is 5.75 Å². The van der Waals surface area contributed by atoms with Gasteiger partial charge >= 0.3 is 0 Å². The Kier molecular flexibility index (Phi) is 9.47. The fourth-order valence-corrected chi connectivity index (χ4v) is 1.93. The maximum absolute atomic E-state index is 11.9. The van der Waals surface area contributed by atoms with Crippen molar-refractivity contribution in [2.75, 3.05) is 26.5 Å². The Bertz CT molecular complexity index is 602. The Morgan fingerprint density at radius 3 is 2.48 bits per heavy atom. The molecule has 5 heteroatoms. The van der Waals surface area contributed by atoms with Gasteiger partial charge in [-0.1, -0.05) is 30.4 Å². The SMILES string of the molecule is C[n+]1ccc(C=Cc2ccccc2OCCOCCF)cc1.[I-]. The van der Waals surface area contributed by atoms with Gasteiger partial charge in [0.25, 0.3) is 0 Å². The predicted molar refractivity (Wildman–Crippen MR) is 85.3 cm³/mol. The third-order valence-corrected chi connectivity index (χ3v) is 3.09. The fraction of sp³-hybridized carbons (Fsp3) is 0.278. The Balaban J connectivity index is 0.00000264. The molecular formula is C18H21FINO2. The van der Waals surface area contributed by atoms with Crippen molar-refractivity contribution in [3.63, 3.8) is 0 Å². The molecule has 1 aromatic heterocycles. The second-order valence-corrected chi connectivity index (χ2v) is 4.82. The Labute approximate surface area is 153 Å². The van der Waals surface area contributed by atoms with Crippen LogP contribution in [0.15, 0.2) is 48.8 Å². The second-order valence-electron chi connectivity index (χ2n) is 4.82. The third-order valence-electron chi connectivity index (χ3n) is 3.09. The molecule has 0 unspecified atom stereocenters. The molecule has 0 fully saturated rings. The van der Waals surface area contributed by atoms with E-state index in [2.05, 4.69) is 0 Å². The lowest BCUT2D eigenvalue weighted by Crippen LogP contribution is -3.00. The minimum Gasteiger partial charge on any atom is -1.00 e. The van der Waals surface area contributed by atoms with Gasteiger partial charge in [0.05, 0.1) is 13.2 Å². The van der Waals surface area contributed by atoms with Crippen LogP contribution < -0.4 is 33.3 Å². The molecule has 0 bridgehead atoms. The number of hydrogen-bond acceptors (Lipinski definition) is 2. The molecule has 2 aromatic rings. The van der Waals surface area contributed by atoms with Crippen LogP contribution in [0, 0.1) is 0 Å². The van der Waals surface area contributed by atoms with E-state index in [0.717, 1.165) is 16.9 Å². The Morgan fingerprint density at radius 1 is 1.00 bits per heavy atom. The normalized spacial score (nSPS) is 10.5. The first kappa shape index (κ1) is 19.6. The van der Waals surface area contributed by atoms with Gasteiger partial charge in [-0.25, -0.2) is 8.96 Å². The molecule has 0 aliphatic carbocycles. The quantitative estimate of drug-likeness (QED) is 0.336. The molecule has 0 radical (unpaired) electrons. The first-order valence-electron chi connectivity index (χ1n) is 7.28. The van der Waals surface area contributed by atoms with Crippen LogP contribution in [-0.4, -0.2) is 26.5 Å². The van der Waals surface area contributed by atoms with Gasteiger partial charge in [0.1, 0.15) is 26.1 Å². The van der Waals surface area contributed by atoms with Gasteiger partial charge in [-0.2, -0.15) is 0 Å². The molecule has 2 rings (SSSR count). The molecule has 0 N–H and O–H groups in total. The van der Waals surface area contributed by atoms with Crippen LogP contribution in [0.5, 0.6) is 5.75 Å². The molecule has 0 saturated carbocycles. The highest BCUT2D eigenvalue weighted by atomic mass is 127. The molecule has 0 amide bonds. The molecule has 1 aromatic carbocycles. The number of halogens is 2. The zero-order valence-electron chi connectivity index (χ0n) is 13.1. The third kappa shape index (κ3) is 7.09. The van der Waals surface area contributed by atoms with Gasteiger partial charge in [-0.3, -0.25) is 0 Å². The standard InChI is InChI=1S/C18H21FNO2.HI/c1-20-11-8-16(9-12-20)6-7-17-4-2-3-5-18(17)22-15-14-21-13-10-19;/h2-9,11-12H,10,13-15H2,1H3;1H/q+1;/p-1. The minimum atomic E-state index is -0.464. The van der Waals surface area contributed by atoms with Crippen LogP contribution in [0.1, 0.15) is 11.1 Å². The van der Waals surface area contributed by atoms with E-state index in [1.54, 1.807) is 0 Å².